The van der Waals surface area contributed by atoms with E-state index in [1.807, 2.05) is 13.2 Å². The van der Waals surface area contributed by atoms with Crippen LogP contribution >= 0.6 is 0 Å². The molecule has 0 saturated carbocycles. The lowest BCUT2D eigenvalue weighted by molar-refractivity contribution is -0.111. The first-order valence-corrected chi connectivity index (χ1v) is 6.65. The minimum Gasteiger partial charge on any atom is -0.319 e. The molecule has 1 N–H and O–H groups in total. The van der Waals surface area contributed by atoms with Crippen molar-refractivity contribution in [2.75, 3.05) is 5.32 Å². The zero-order chi connectivity index (χ0) is 15.4. The lowest BCUT2D eigenvalue weighted by Gasteiger charge is -2.08. The average Bonchev–Trinajstić information content (AvgIpc) is 3.17. The SMILES string of the molecule is Cn1cc(/C=C/C(=O)Nc2cccnc2-n2cccn2)cn1. The first-order chi connectivity index (χ1) is 10.7. The Morgan fingerprint density at radius 1 is 1.27 bits per heavy atom. The Morgan fingerprint density at radius 3 is 2.91 bits per heavy atom. The molecule has 0 fully saturated rings. The van der Waals surface area contributed by atoms with Crippen molar-refractivity contribution in [3.05, 3.63) is 60.8 Å². The maximum atomic E-state index is 12.0. The van der Waals surface area contributed by atoms with Gasteiger partial charge in [0.05, 0.1) is 11.9 Å². The van der Waals surface area contributed by atoms with E-state index in [0.717, 1.165) is 5.56 Å². The number of amides is 1. The van der Waals surface area contributed by atoms with Gasteiger partial charge in [-0.1, -0.05) is 0 Å². The molecule has 3 heterocycles. The Morgan fingerprint density at radius 2 is 2.18 bits per heavy atom. The van der Waals surface area contributed by atoms with Crippen molar-refractivity contribution in [2.24, 2.45) is 7.05 Å². The minimum atomic E-state index is -0.245. The Labute approximate surface area is 126 Å². The summed E-state index contributed by atoms with van der Waals surface area (Å²) in [4.78, 5) is 16.3. The van der Waals surface area contributed by atoms with Gasteiger partial charge in [-0.25, -0.2) is 9.67 Å². The van der Waals surface area contributed by atoms with Gasteiger partial charge >= 0.3 is 0 Å². The van der Waals surface area contributed by atoms with Crippen LogP contribution in [-0.2, 0) is 11.8 Å². The summed E-state index contributed by atoms with van der Waals surface area (Å²) < 4.78 is 3.27. The minimum absolute atomic E-state index is 0.245. The molecule has 0 radical (unpaired) electrons. The van der Waals surface area contributed by atoms with Crippen molar-refractivity contribution in [1.82, 2.24) is 24.5 Å². The summed E-state index contributed by atoms with van der Waals surface area (Å²) in [5.41, 5.74) is 1.45. The van der Waals surface area contributed by atoms with Crippen LogP contribution < -0.4 is 5.32 Å². The molecular formula is C15H14N6O. The smallest absolute Gasteiger partial charge is 0.248 e. The van der Waals surface area contributed by atoms with Gasteiger partial charge in [0, 0.05) is 43.5 Å². The molecule has 7 heteroatoms. The van der Waals surface area contributed by atoms with Gasteiger partial charge in [-0.2, -0.15) is 10.2 Å². The second-order valence-corrected chi connectivity index (χ2v) is 4.60. The molecular weight excluding hydrogens is 280 g/mol. The first kappa shape index (κ1) is 13.7. The molecule has 0 saturated heterocycles. The molecule has 0 atom stereocenters. The number of aryl methyl sites for hydroxylation is 1. The number of nitrogens with zero attached hydrogens (tertiary/aromatic N) is 5. The summed E-state index contributed by atoms with van der Waals surface area (Å²) in [6, 6.07) is 5.33. The molecule has 3 aromatic heterocycles. The Bertz CT molecular complexity index is 803. The summed E-state index contributed by atoms with van der Waals surface area (Å²) in [5.74, 6) is 0.320. The highest BCUT2D eigenvalue weighted by molar-refractivity contribution is 6.02. The molecule has 0 unspecified atom stereocenters. The van der Waals surface area contributed by atoms with Crippen LogP contribution in [0.2, 0.25) is 0 Å². The second kappa shape index (κ2) is 6.04. The predicted molar refractivity (Wildman–Crippen MR) is 82.2 cm³/mol. The summed E-state index contributed by atoms with van der Waals surface area (Å²) in [7, 11) is 1.82. The zero-order valence-electron chi connectivity index (χ0n) is 11.9. The van der Waals surface area contributed by atoms with E-state index in [2.05, 4.69) is 20.5 Å². The topological polar surface area (TPSA) is 77.6 Å². The van der Waals surface area contributed by atoms with E-state index in [0.29, 0.717) is 11.5 Å². The number of hydrogen-bond acceptors (Lipinski definition) is 4. The van der Waals surface area contributed by atoms with E-state index < -0.39 is 0 Å². The molecule has 7 nitrogen and oxygen atoms in total. The van der Waals surface area contributed by atoms with Crippen LogP contribution in [0.25, 0.3) is 11.9 Å². The highest BCUT2D eigenvalue weighted by atomic mass is 16.1. The summed E-state index contributed by atoms with van der Waals surface area (Å²) >= 11 is 0. The standard InChI is InChI=1S/C15H14N6O/c1-20-11-12(10-18-20)5-6-14(22)19-13-4-2-7-16-15(13)21-9-3-8-17-21/h2-11H,1H3,(H,19,22)/b6-5+. The molecule has 0 spiro atoms. The maximum absolute atomic E-state index is 12.0. The lowest BCUT2D eigenvalue weighted by Crippen LogP contribution is -2.11. The molecule has 0 aliphatic rings. The van der Waals surface area contributed by atoms with E-state index in [-0.39, 0.29) is 5.91 Å². The second-order valence-electron chi connectivity index (χ2n) is 4.60. The van der Waals surface area contributed by atoms with Gasteiger partial charge in [0.1, 0.15) is 0 Å². The first-order valence-electron chi connectivity index (χ1n) is 6.65. The molecule has 3 rings (SSSR count). The van der Waals surface area contributed by atoms with Crippen LogP contribution in [0.3, 0.4) is 0 Å². The van der Waals surface area contributed by atoms with Crippen molar-refractivity contribution < 1.29 is 4.79 Å². The van der Waals surface area contributed by atoms with Gasteiger partial charge < -0.3 is 5.32 Å². The highest BCUT2D eigenvalue weighted by Gasteiger charge is 2.07. The van der Waals surface area contributed by atoms with Crippen molar-refractivity contribution in [3.8, 4) is 5.82 Å². The number of nitrogens with one attached hydrogen (secondary N) is 1. The molecule has 1 amide bonds. The van der Waals surface area contributed by atoms with E-state index in [9.17, 15) is 4.79 Å². The molecule has 0 aliphatic carbocycles. The van der Waals surface area contributed by atoms with Crippen LogP contribution in [0, 0.1) is 0 Å². The molecule has 110 valence electrons. The van der Waals surface area contributed by atoms with E-state index in [4.69, 9.17) is 0 Å². The predicted octanol–water partition coefficient (Wildman–Crippen LogP) is 1.65. The van der Waals surface area contributed by atoms with Crippen LogP contribution in [0.1, 0.15) is 5.56 Å². The maximum Gasteiger partial charge on any atom is 0.248 e. The Kier molecular flexibility index (Phi) is 3.78. The van der Waals surface area contributed by atoms with Gasteiger partial charge in [-0.15, -0.1) is 0 Å². The van der Waals surface area contributed by atoms with E-state index >= 15 is 0 Å². The third-order valence-corrected chi connectivity index (χ3v) is 2.92. The van der Waals surface area contributed by atoms with E-state index in [1.54, 1.807) is 58.4 Å². The van der Waals surface area contributed by atoms with Crippen molar-refractivity contribution in [3.63, 3.8) is 0 Å². The van der Waals surface area contributed by atoms with Gasteiger partial charge in [0.25, 0.3) is 0 Å². The normalized spacial score (nSPS) is 11.0. The largest absolute Gasteiger partial charge is 0.319 e. The van der Waals surface area contributed by atoms with Crippen LogP contribution in [0.5, 0.6) is 0 Å². The third kappa shape index (κ3) is 3.09. The Hall–Kier alpha value is -3.22. The number of carbonyl (C=O) groups is 1. The average molecular weight is 294 g/mol. The molecule has 0 aromatic carbocycles. The fourth-order valence-electron chi connectivity index (χ4n) is 1.94. The van der Waals surface area contributed by atoms with Crippen molar-refractivity contribution in [1.29, 1.82) is 0 Å². The van der Waals surface area contributed by atoms with Gasteiger partial charge in [0.15, 0.2) is 5.82 Å². The van der Waals surface area contributed by atoms with Crippen LogP contribution in [0.15, 0.2) is 55.3 Å². The van der Waals surface area contributed by atoms with Crippen molar-refractivity contribution >= 4 is 17.7 Å². The third-order valence-electron chi connectivity index (χ3n) is 2.92. The fraction of sp³-hybridized carbons (Fsp3) is 0.0667. The zero-order valence-corrected chi connectivity index (χ0v) is 11.9. The Balaban J connectivity index is 1.76. The number of pyridine rings is 1. The molecule has 3 aromatic rings. The number of carbonyl (C=O) groups excluding carboxylic acids is 1. The summed E-state index contributed by atoms with van der Waals surface area (Å²) in [6.45, 7) is 0. The molecule has 22 heavy (non-hydrogen) atoms. The molecule has 0 aliphatic heterocycles. The summed E-state index contributed by atoms with van der Waals surface area (Å²) in [5, 5.41) is 11.0. The lowest BCUT2D eigenvalue weighted by atomic mass is 10.3. The molecule has 0 bridgehead atoms. The van der Waals surface area contributed by atoms with Gasteiger partial charge in [-0.05, 0) is 24.3 Å². The number of rotatable bonds is 4. The highest BCUT2D eigenvalue weighted by Crippen LogP contribution is 2.16. The van der Waals surface area contributed by atoms with Crippen LogP contribution in [0.4, 0.5) is 5.69 Å². The number of anilines is 1. The number of hydrogen-bond donors (Lipinski definition) is 1. The van der Waals surface area contributed by atoms with Gasteiger partial charge in [0.2, 0.25) is 5.91 Å². The fourth-order valence-corrected chi connectivity index (χ4v) is 1.94. The van der Waals surface area contributed by atoms with E-state index in [1.165, 1.54) is 6.08 Å². The quantitative estimate of drug-likeness (QED) is 0.742. The van der Waals surface area contributed by atoms with Crippen molar-refractivity contribution in [2.45, 2.75) is 0 Å². The monoisotopic (exact) mass is 294 g/mol. The number of aromatic nitrogens is 5. The van der Waals surface area contributed by atoms with Crippen LogP contribution in [-0.4, -0.2) is 30.5 Å². The van der Waals surface area contributed by atoms with Gasteiger partial charge in [-0.3, -0.25) is 9.48 Å². The summed E-state index contributed by atoms with van der Waals surface area (Å²) in [6.07, 6.45) is 11.7.